The van der Waals surface area contributed by atoms with Crippen molar-refractivity contribution in [2.24, 2.45) is 11.1 Å². The van der Waals surface area contributed by atoms with Crippen LogP contribution in [0.25, 0.3) is 0 Å². The van der Waals surface area contributed by atoms with Gasteiger partial charge in [-0.05, 0) is 50.5 Å². The molecule has 0 radical (unpaired) electrons. The van der Waals surface area contributed by atoms with Crippen molar-refractivity contribution in [3.8, 4) is 5.75 Å². The van der Waals surface area contributed by atoms with Gasteiger partial charge in [-0.1, -0.05) is 6.42 Å². The third kappa shape index (κ3) is 2.59. The monoisotopic (exact) mass is 262 g/mol. The number of nitrogens with one attached hydrogen (secondary N) is 1. The largest absolute Gasteiger partial charge is 0.496 e. The summed E-state index contributed by atoms with van der Waals surface area (Å²) in [6.07, 6.45) is 2.80. The predicted octanol–water partition coefficient (Wildman–Crippen LogP) is 2.46. The summed E-state index contributed by atoms with van der Waals surface area (Å²) in [5.41, 5.74) is 7.41. The molecule has 1 fully saturated rings. The van der Waals surface area contributed by atoms with Crippen molar-refractivity contribution in [2.45, 2.75) is 39.2 Å². The molecule has 1 amide bonds. The minimum absolute atomic E-state index is 0.0158. The van der Waals surface area contributed by atoms with Gasteiger partial charge in [0.15, 0.2) is 0 Å². The van der Waals surface area contributed by atoms with Crippen molar-refractivity contribution in [1.29, 1.82) is 0 Å². The van der Waals surface area contributed by atoms with Gasteiger partial charge in [0, 0.05) is 11.7 Å². The number of amides is 1. The molecule has 2 atom stereocenters. The lowest BCUT2D eigenvalue weighted by Crippen LogP contribution is -2.44. The number of methoxy groups -OCH3 is 1. The van der Waals surface area contributed by atoms with Gasteiger partial charge in [0.25, 0.3) is 0 Å². The fraction of sp³-hybridized carbons (Fsp3) is 0.533. The molecule has 4 heteroatoms. The van der Waals surface area contributed by atoms with Crippen molar-refractivity contribution in [3.05, 3.63) is 23.8 Å². The first-order valence-corrected chi connectivity index (χ1v) is 6.69. The van der Waals surface area contributed by atoms with Crippen LogP contribution in [-0.4, -0.2) is 19.1 Å². The van der Waals surface area contributed by atoms with Gasteiger partial charge in [0.1, 0.15) is 5.75 Å². The average molecular weight is 262 g/mol. The minimum Gasteiger partial charge on any atom is -0.496 e. The lowest BCUT2D eigenvalue weighted by Gasteiger charge is -2.27. The molecule has 0 bridgehead atoms. The molecule has 1 aromatic rings. The first kappa shape index (κ1) is 13.9. The molecule has 3 N–H and O–H groups in total. The maximum atomic E-state index is 12.4. The van der Waals surface area contributed by atoms with E-state index in [1.54, 1.807) is 7.11 Å². The highest BCUT2D eigenvalue weighted by molar-refractivity contribution is 5.96. The van der Waals surface area contributed by atoms with E-state index in [2.05, 4.69) is 5.32 Å². The third-order valence-electron chi connectivity index (χ3n) is 4.20. The molecule has 19 heavy (non-hydrogen) atoms. The van der Waals surface area contributed by atoms with E-state index >= 15 is 0 Å². The van der Waals surface area contributed by atoms with Crippen LogP contribution in [0.4, 0.5) is 5.69 Å². The zero-order chi connectivity index (χ0) is 14.0. The molecule has 1 aliphatic carbocycles. The van der Waals surface area contributed by atoms with E-state index in [0.717, 1.165) is 36.3 Å². The predicted molar refractivity (Wildman–Crippen MR) is 76.3 cm³/mol. The number of anilines is 1. The topological polar surface area (TPSA) is 64.3 Å². The summed E-state index contributed by atoms with van der Waals surface area (Å²) in [6, 6.07) is 5.59. The molecule has 1 aromatic carbocycles. The lowest BCUT2D eigenvalue weighted by atomic mass is 9.84. The molecular weight excluding hydrogens is 240 g/mol. The molecule has 0 saturated heterocycles. The quantitative estimate of drug-likeness (QED) is 0.879. The van der Waals surface area contributed by atoms with Crippen LogP contribution < -0.4 is 15.8 Å². The van der Waals surface area contributed by atoms with Gasteiger partial charge in [-0.25, -0.2) is 0 Å². The fourth-order valence-corrected chi connectivity index (χ4v) is 2.71. The maximum Gasteiger partial charge on any atom is 0.231 e. The Morgan fingerprint density at radius 3 is 2.79 bits per heavy atom. The molecule has 0 aromatic heterocycles. The lowest BCUT2D eigenvalue weighted by molar-refractivity contribution is -0.125. The van der Waals surface area contributed by atoms with Gasteiger partial charge in [-0.15, -0.1) is 0 Å². The van der Waals surface area contributed by atoms with Crippen LogP contribution in [0.1, 0.15) is 31.7 Å². The average Bonchev–Trinajstić information content (AvgIpc) is 2.71. The molecule has 0 spiro atoms. The second kappa shape index (κ2) is 5.21. The highest BCUT2D eigenvalue weighted by Gasteiger charge is 2.42. The van der Waals surface area contributed by atoms with Crippen molar-refractivity contribution in [1.82, 2.24) is 0 Å². The second-order valence-electron chi connectivity index (χ2n) is 5.55. The van der Waals surface area contributed by atoms with Gasteiger partial charge in [-0.2, -0.15) is 0 Å². The molecule has 104 valence electrons. The zero-order valence-electron chi connectivity index (χ0n) is 11.8. The van der Waals surface area contributed by atoms with Gasteiger partial charge < -0.3 is 15.8 Å². The van der Waals surface area contributed by atoms with Crippen molar-refractivity contribution in [3.63, 3.8) is 0 Å². The van der Waals surface area contributed by atoms with Crippen molar-refractivity contribution in [2.75, 3.05) is 12.4 Å². The number of carbonyl (C=O) groups is 1. The van der Waals surface area contributed by atoms with Crippen LogP contribution in [0.2, 0.25) is 0 Å². The Morgan fingerprint density at radius 2 is 2.26 bits per heavy atom. The Balaban J connectivity index is 2.13. The molecule has 0 aliphatic heterocycles. The normalized spacial score (nSPS) is 26.2. The molecule has 1 aliphatic rings. The molecule has 2 unspecified atom stereocenters. The molecule has 4 nitrogen and oxygen atoms in total. The van der Waals surface area contributed by atoms with Gasteiger partial charge in [0.05, 0.1) is 12.5 Å². The Kier molecular flexibility index (Phi) is 3.80. The van der Waals surface area contributed by atoms with E-state index in [9.17, 15) is 4.79 Å². The zero-order valence-corrected chi connectivity index (χ0v) is 11.8. The molecular formula is C15H22N2O2. The van der Waals surface area contributed by atoms with E-state index in [-0.39, 0.29) is 11.9 Å². The Labute approximate surface area is 114 Å². The summed E-state index contributed by atoms with van der Waals surface area (Å²) in [5.74, 6) is 0.837. The van der Waals surface area contributed by atoms with Gasteiger partial charge >= 0.3 is 0 Å². The van der Waals surface area contributed by atoms with E-state index in [1.165, 1.54) is 0 Å². The summed E-state index contributed by atoms with van der Waals surface area (Å²) in [5, 5.41) is 2.97. The van der Waals surface area contributed by atoms with Crippen molar-refractivity contribution >= 4 is 11.6 Å². The van der Waals surface area contributed by atoms with Crippen LogP contribution in [0.3, 0.4) is 0 Å². The number of carbonyl (C=O) groups excluding carboxylic acids is 1. The summed E-state index contributed by atoms with van der Waals surface area (Å²) >= 11 is 0. The number of nitrogens with two attached hydrogens (primary N) is 1. The van der Waals surface area contributed by atoms with Crippen molar-refractivity contribution < 1.29 is 9.53 Å². The summed E-state index contributed by atoms with van der Waals surface area (Å²) < 4.78 is 5.21. The van der Waals surface area contributed by atoms with Gasteiger partial charge in [-0.3, -0.25) is 4.79 Å². The maximum absolute atomic E-state index is 12.4. The van der Waals surface area contributed by atoms with Crippen LogP contribution in [0.15, 0.2) is 18.2 Å². The highest BCUT2D eigenvalue weighted by atomic mass is 16.5. The van der Waals surface area contributed by atoms with Crippen LogP contribution in [-0.2, 0) is 4.79 Å². The first-order valence-electron chi connectivity index (χ1n) is 6.69. The number of hydrogen-bond donors (Lipinski definition) is 2. The number of aryl methyl sites for hydroxylation is 1. The number of ether oxygens (including phenoxy) is 1. The standard InChI is InChI=1S/C15H22N2O2/c1-10-9-11(6-7-12(10)19-3)17-14(18)15(2)8-4-5-13(15)16/h6-7,9,13H,4-5,8,16H2,1-3H3,(H,17,18). The molecule has 0 heterocycles. The van der Waals surface area contributed by atoms with E-state index in [4.69, 9.17) is 10.5 Å². The Morgan fingerprint density at radius 1 is 1.53 bits per heavy atom. The SMILES string of the molecule is COc1ccc(NC(=O)C2(C)CCCC2N)cc1C. The number of rotatable bonds is 3. The van der Waals surface area contributed by atoms with Crippen LogP contribution in [0, 0.1) is 12.3 Å². The summed E-state index contributed by atoms with van der Waals surface area (Å²) in [6.45, 7) is 3.91. The molecule has 1 saturated carbocycles. The second-order valence-corrected chi connectivity index (χ2v) is 5.55. The highest BCUT2D eigenvalue weighted by Crippen LogP contribution is 2.37. The number of hydrogen-bond acceptors (Lipinski definition) is 3. The summed E-state index contributed by atoms with van der Waals surface area (Å²) in [4.78, 5) is 12.4. The molecule has 2 rings (SSSR count). The smallest absolute Gasteiger partial charge is 0.231 e. The summed E-state index contributed by atoms with van der Waals surface area (Å²) in [7, 11) is 1.64. The Hall–Kier alpha value is -1.55. The third-order valence-corrected chi connectivity index (χ3v) is 4.20. The van der Waals surface area contributed by atoms with Crippen LogP contribution >= 0.6 is 0 Å². The van der Waals surface area contributed by atoms with E-state index < -0.39 is 5.41 Å². The van der Waals surface area contributed by atoms with Gasteiger partial charge in [0.2, 0.25) is 5.91 Å². The fourth-order valence-electron chi connectivity index (χ4n) is 2.71. The van der Waals surface area contributed by atoms with Crippen LogP contribution in [0.5, 0.6) is 5.75 Å². The first-order chi connectivity index (χ1) is 8.97. The van der Waals surface area contributed by atoms with E-state index in [0.29, 0.717) is 0 Å². The Bertz CT molecular complexity index is 487. The van der Waals surface area contributed by atoms with E-state index in [1.807, 2.05) is 32.0 Å². The minimum atomic E-state index is -0.451. The number of benzene rings is 1.